The van der Waals surface area contributed by atoms with E-state index >= 15 is 0 Å². The molecule has 0 bridgehead atoms. The van der Waals surface area contributed by atoms with Crippen molar-refractivity contribution in [1.29, 1.82) is 0 Å². The van der Waals surface area contributed by atoms with Crippen molar-refractivity contribution in [2.24, 2.45) is 10.9 Å². The van der Waals surface area contributed by atoms with Crippen molar-refractivity contribution in [2.75, 3.05) is 13.2 Å². The minimum absolute atomic E-state index is 0.0672. The van der Waals surface area contributed by atoms with Gasteiger partial charge in [-0.05, 0) is 32.1 Å². The molecule has 7 atom stereocenters. The maximum atomic E-state index is 11.3. The Morgan fingerprint density at radius 2 is 1.97 bits per heavy atom. The molecule has 31 heavy (non-hydrogen) atoms. The molecule has 1 unspecified atom stereocenters. The molecule has 0 radical (unpaired) electrons. The topological polar surface area (TPSA) is 124 Å². The Hall–Kier alpha value is -1.35. The second kappa shape index (κ2) is 13.9. The molecule has 2 aliphatic rings. The van der Waals surface area contributed by atoms with E-state index in [1.165, 1.54) is 4.90 Å². The Bertz CT molecular complexity index is 565. The van der Waals surface area contributed by atoms with Gasteiger partial charge in [-0.1, -0.05) is 32.1 Å². The van der Waals surface area contributed by atoms with E-state index in [0.29, 0.717) is 24.8 Å². The van der Waals surface area contributed by atoms with Gasteiger partial charge < -0.3 is 30.3 Å². The van der Waals surface area contributed by atoms with E-state index in [-0.39, 0.29) is 24.6 Å². The van der Waals surface area contributed by atoms with Crippen molar-refractivity contribution in [1.82, 2.24) is 5.32 Å². The van der Waals surface area contributed by atoms with Gasteiger partial charge in [0, 0.05) is 18.9 Å². The highest BCUT2D eigenvalue weighted by Crippen LogP contribution is 2.24. The molecule has 0 aromatic carbocycles. The number of aliphatic hydroxyl groups excluding tert-OH is 2. The maximum absolute atomic E-state index is 11.3. The maximum Gasteiger partial charge on any atom is 0.305 e. The normalized spacial score (nSPS) is 30.2. The minimum Gasteiger partial charge on any atom is -0.481 e. The van der Waals surface area contributed by atoms with Gasteiger partial charge in [-0.2, -0.15) is 0 Å². The van der Waals surface area contributed by atoms with Crippen LogP contribution < -0.4 is 10.2 Å². The molecule has 0 aliphatic carbocycles. The van der Waals surface area contributed by atoms with Crippen molar-refractivity contribution in [3.63, 3.8) is 0 Å². The highest BCUT2D eigenvalue weighted by molar-refractivity contribution is 5.67. The van der Waals surface area contributed by atoms with Crippen molar-refractivity contribution >= 4 is 18.5 Å². The van der Waals surface area contributed by atoms with Crippen molar-refractivity contribution in [3.8, 4) is 0 Å². The number of hydrogen-bond acceptors (Lipinski definition) is 6. The molecule has 2 heterocycles. The molecule has 0 aromatic heterocycles. The Balaban J connectivity index is 1.71. The number of quaternary nitrogens is 1. The van der Waals surface area contributed by atoms with Gasteiger partial charge in [-0.15, -0.1) is 0 Å². The molecular weight excluding hydrogens is 398 g/mol. The zero-order chi connectivity index (χ0) is 22.6. The summed E-state index contributed by atoms with van der Waals surface area (Å²) in [7, 11) is 0. The van der Waals surface area contributed by atoms with Crippen LogP contribution in [0.3, 0.4) is 0 Å². The van der Waals surface area contributed by atoms with Crippen LogP contribution in [0.1, 0.15) is 77.6 Å². The predicted octanol–water partition coefficient (Wildman–Crippen LogP) is 0.555. The van der Waals surface area contributed by atoms with E-state index in [0.717, 1.165) is 70.9 Å². The minimum atomic E-state index is -0.953. The lowest BCUT2D eigenvalue weighted by Crippen LogP contribution is -3.16. The van der Waals surface area contributed by atoms with E-state index in [1.807, 2.05) is 13.1 Å². The summed E-state index contributed by atoms with van der Waals surface area (Å²) in [4.78, 5) is 27.6. The summed E-state index contributed by atoms with van der Waals surface area (Å²) in [6.45, 7) is 3.71. The number of piperidine rings is 1. The van der Waals surface area contributed by atoms with Crippen LogP contribution >= 0.6 is 0 Å². The number of rotatable bonds is 15. The van der Waals surface area contributed by atoms with Gasteiger partial charge in [0.05, 0.1) is 30.9 Å². The van der Waals surface area contributed by atoms with Crippen LogP contribution in [-0.4, -0.2) is 77.3 Å². The number of aliphatic carboxylic acids is 1. The highest BCUT2D eigenvalue weighted by atomic mass is 16.4. The summed E-state index contributed by atoms with van der Waals surface area (Å²) < 4.78 is 0. The lowest BCUT2D eigenvalue weighted by molar-refractivity contribution is -0.914. The van der Waals surface area contributed by atoms with Gasteiger partial charge in [-0.25, -0.2) is 4.99 Å². The molecular formula is C23H42N3O5+. The summed E-state index contributed by atoms with van der Waals surface area (Å²) >= 11 is 0. The zero-order valence-electron chi connectivity index (χ0n) is 18.9. The number of nitrogens with zero attached hydrogens (tertiary/aromatic N) is 1. The molecule has 1 fully saturated rings. The zero-order valence-corrected chi connectivity index (χ0v) is 18.9. The number of aldehydes is 1. The summed E-state index contributed by atoms with van der Waals surface area (Å²) in [6.07, 6.45) is 10.7. The number of aliphatic imine (C=N–C) groups is 1. The standard InChI is InChI=1S/C23H41N3O5/c1-17-22(29)15-21(26-11-10-24-16-26)20(25-17)13-18(9-12-27)7-5-3-2-4-6-8-19(28)14-23(30)31/h10,12,17-22,25,28-29H,2-9,11,13-16H2,1H3,(H,30,31)/p+1/t17-,18+,19+,20+,21-,22+/m0/s1. The lowest BCUT2D eigenvalue weighted by Gasteiger charge is -2.42. The average Bonchev–Trinajstić information content (AvgIpc) is 3.24. The van der Waals surface area contributed by atoms with Crippen LogP contribution in [0, 0.1) is 5.92 Å². The van der Waals surface area contributed by atoms with Gasteiger partial charge >= 0.3 is 5.97 Å². The van der Waals surface area contributed by atoms with Gasteiger partial charge in [0.1, 0.15) is 18.9 Å². The molecule has 1 saturated heterocycles. The van der Waals surface area contributed by atoms with E-state index in [9.17, 15) is 19.8 Å². The Kier molecular flexibility index (Phi) is 11.6. The fraction of sp³-hybridized carbons (Fsp3) is 0.870. The first-order valence-electron chi connectivity index (χ1n) is 12.0. The summed E-state index contributed by atoms with van der Waals surface area (Å²) in [5.41, 5.74) is 0. The lowest BCUT2D eigenvalue weighted by atomic mass is 9.83. The van der Waals surface area contributed by atoms with Gasteiger partial charge in [0.2, 0.25) is 0 Å². The molecule has 2 rings (SSSR count). The van der Waals surface area contributed by atoms with Crippen LogP contribution in [0.15, 0.2) is 4.99 Å². The SMILES string of the molecule is C[C@@H]1N[C@H](C[C@@H](CC=O)CCCCCCC[C@@H](O)CC(=O)O)[C@@H]([NH+]2CC=NC2)C[C@H]1O. The summed E-state index contributed by atoms with van der Waals surface area (Å²) in [5, 5.41) is 32.2. The quantitative estimate of drug-likeness (QED) is 0.187. The number of aliphatic hydroxyl groups is 2. The van der Waals surface area contributed by atoms with E-state index in [2.05, 4.69) is 10.3 Å². The number of unbranched alkanes of at least 4 members (excludes halogenated alkanes) is 4. The van der Waals surface area contributed by atoms with E-state index in [4.69, 9.17) is 5.11 Å². The number of hydrogen-bond donors (Lipinski definition) is 5. The van der Waals surface area contributed by atoms with E-state index in [1.54, 1.807) is 0 Å². The molecule has 8 nitrogen and oxygen atoms in total. The molecule has 8 heteroatoms. The second-order valence-electron chi connectivity index (χ2n) is 9.46. The fourth-order valence-corrected chi connectivity index (χ4v) is 5.05. The summed E-state index contributed by atoms with van der Waals surface area (Å²) in [6, 6.07) is 0.674. The second-order valence-corrected chi connectivity index (χ2v) is 9.46. The molecule has 0 spiro atoms. The van der Waals surface area contributed by atoms with Crippen LogP contribution in [0.5, 0.6) is 0 Å². The molecule has 0 amide bonds. The molecule has 0 aromatic rings. The van der Waals surface area contributed by atoms with Crippen LogP contribution in [0.4, 0.5) is 0 Å². The van der Waals surface area contributed by atoms with Crippen molar-refractivity contribution < 1.29 is 29.8 Å². The first-order chi connectivity index (χ1) is 14.9. The summed E-state index contributed by atoms with van der Waals surface area (Å²) in [5.74, 6) is -0.605. The first kappa shape index (κ1) is 25.9. The van der Waals surface area contributed by atoms with Crippen LogP contribution in [-0.2, 0) is 9.59 Å². The Morgan fingerprint density at radius 3 is 2.61 bits per heavy atom. The van der Waals surface area contributed by atoms with Crippen molar-refractivity contribution in [3.05, 3.63) is 0 Å². The number of carboxylic acids is 1. The third-order valence-electron chi connectivity index (χ3n) is 6.91. The van der Waals surface area contributed by atoms with Gasteiger partial charge in [0.25, 0.3) is 0 Å². The Morgan fingerprint density at radius 1 is 1.26 bits per heavy atom. The first-order valence-corrected chi connectivity index (χ1v) is 12.0. The number of nitrogens with one attached hydrogen (secondary N) is 2. The van der Waals surface area contributed by atoms with Gasteiger partial charge in [-0.3, -0.25) is 4.79 Å². The number of carbonyl (C=O) groups is 2. The van der Waals surface area contributed by atoms with Crippen LogP contribution in [0.25, 0.3) is 0 Å². The molecule has 0 saturated carbocycles. The Labute approximate surface area is 186 Å². The monoisotopic (exact) mass is 440 g/mol. The highest BCUT2D eigenvalue weighted by Gasteiger charge is 2.40. The predicted molar refractivity (Wildman–Crippen MR) is 119 cm³/mol. The third kappa shape index (κ3) is 9.35. The smallest absolute Gasteiger partial charge is 0.305 e. The van der Waals surface area contributed by atoms with Crippen LogP contribution in [0.2, 0.25) is 0 Å². The average molecular weight is 441 g/mol. The van der Waals surface area contributed by atoms with Crippen molar-refractivity contribution in [2.45, 2.75) is 108 Å². The van der Waals surface area contributed by atoms with E-state index < -0.39 is 12.1 Å². The molecule has 5 N–H and O–H groups in total. The molecule has 2 aliphatic heterocycles. The number of carboxylic acid groups (broad SMARTS) is 1. The third-order valence-corrected chi connectivity index (χ3v) is 6.91. The van der Waals surface area contributed by atoms with Gasteiger partial charge in [0.15, 0.2) is 6.67 Å². The molecule has 178 valence electrons. The largest absolute Gasteiger partial charge is 0.481 e. The number of carbonyl (C=O) groups excluding carboxylic acids is 1. The fourth-order valence-electron chi connectivity index (χ4n) is 5.05.